The molecule has 0 aliphatic carbocycles. The zero-order chi connectivity index (χ0) is 25.7. The molecule has 0 radical (unpaired) electrons. The van der Waals surface area contributed by atoms with E-state index in [1.165, 1.54) is 24.3 Å². The Morgan fingerprint density at radius 2 is 1.36 bits per heavy atom. The first-order chi connectivity index (χ1) is 14.7. The number of hydrogen-bond acceptors (Lipinski definition) is 7. The van der Waals surface area contributed by atoms with Crippen LogP contribution in [0.4, 0.5) is 26.3 Å². The molecule has 0 amide bonds. The van der Waals surface area contributed by atoms with Gasteiger partial charge in [0.2, 0.25) is 10.0 Å². The third-order valence-corrected chi connectivity index (χ3v) is 8.28. The van der Waals surface area contributed by atoms with Gasteiger partial charge in [-0.05, 0) is 17.0 Å². The second-order valence-corrected chi connectivity index (χ2v) is 11.7. The average Bonchev–Trinajstić information content (AvgIpc) is 2.65. The Morgan fingerprint density at radius 3 is 1.85 bits per heavy atom. The van der Waals surface area contributed by atoms with E-state index in [1.807, 2.05) is 0 Å². The second kappa shape index (κ2) is 8.14. The number of sulfonamides is 2. The zero-order valence-electron chi connectivity index (χ0n) is 16.1. The molecule has 0 bridgehead atoms. The van der Waals surface area contributed by atoms with E-state index in [0.29, 0.717) is 5.56 Å². The van der Waals surface area contributed by atoms with E-state index in [0.717, 1.165) is 18.2 Å². The van der Waals surface area contributed by atoms with Crippen LogP contribution in [0.15, 0.2) is 43.0 Å². The minimum atomic E-state index is -7.19. The summed E-state index contributed by atoms with van der Waals surface area (Å²) >= 11 is 0. The smallest absolute Gasteiger partial charge is 0.377 e. The molecule has 17 heteroatoms. The maximum absolute atomic E-state index is 14.3. The molecule has 2 rings (SSSR count). The number of halogens is 6. The van der Waals surface area contributed by atoms with Crippen molar-refractivity contribution in [1.29, 1.82) is 0 Å². The third kappa shape index (κ3) is 4.53. The number of rotatable bonds is 9. The van der Waals surface area contributed by atoms with E-state index >= 15 is 0 Å². The normalized spacial score (nSPS) is 14.3. The van der Waals surface area contributed by atoms with Gasteiger partial charge in [0, 0.05) is 5.39 Å². The highest BCUT2D eigenvalue weighted by atomic mass is 32.3. The van der Waals surface area contributed by atoms with Crippen LogP contribution in [-0.4, -0.2) is 47.9 Å². The van der Waals surface area contributed by atoms with E-state index in [1.54, 1.807) is 0 Å². The number of hydrogen-bond donors (Lipinski definition) is 1. The van der Waals surface area contributed by atoms with E-state index in [-0.39, 0.29) is 21.2 Å². The van der Waals surface area contributed by atoms with E-state index in [2.05, 4.69) is 10.8 Å². The van der Waals surface area contributed by atoms with Crippen LogP contribution < -0.4 is 8.31 Å². The highest BCUT2D eigenvalue weighted by Crippen LogP contribution is 2.51. The number of nitrogens with one attached hydrogen (secondary N) is 1. The van der Waals surface area contributed by atoms with Crippen molar-refractivity contribution in [3.8, 4) is 5.75 Å². The highest BCUT2D eigenvalue weighted by Gasteiger charge is 2.83. The molecule has 0 aliphatic rings. The maximum atomic E-state index is 14.3. The molecule has 0 heterocycles. The van der Waals surface area contributed by atoms with Crippen LogP contribution in [0.25, 0.3) is 16.8 Å². The van der Waals surface area contributed by atoms with Gasteiger partial charge in [0.05, 0.1) is 6.26 Å². The largest absolute Gasteiger partial charge is 0.450 e. The summed E-state index contributed by atoms with van der Waals surface area (Å²) in [6, 6.07) is 7.08. The van der Waals surface area contributed by atoms with Crippen molar-refractivity contribution >= 4 is 47.0 Å². The van der Waals surface area contributed by atoms with Gasteiger partial charge >= 0.3 is 26.5 Å². The van der Waals surface area contributed by atoms with Crippen LogP contribution in [0.2, 0.25) is 0 Å². The SMILES string of the molecule is C=Cc1ccc(OS(=O)(=O)C(F)(F)C(F)(F)C(F)(F)S(=O)(=O)NS(C)(=O)=O)c2ccccc12. The van der Waals surface area contributed by atoms with Crippen LogP contribution in [0.1, 0.15) is 5.56 Å². The summed E-state index contributed by atoms with van der Waals surface area (Å²) in [7, 11) is -19.2. The van der Waals surface area contributed by atoms with Crippen LogP contribution in [0.5, 0.6) is 5.75 Å². The Kier molecular flexibility index (Phi) is 6.63. The topological polar surface area (TPSA) is 124 Å². The van der Waals surface area contributed by atoms with Crippen LogP contribution in [0.3, 0.4) is 0 Å². The minimum Gasteiger partial charge on any atom is -0.377 e. The van der Waals surface area contributed by atoms with Gasteiger partial charge in [0.15, 0.2) is 5.75 Å². The zero-order valence-corrected chi connectivity index (χ0v) is 18.5. The molecule has 184 valence electrons. The highest BCUT2D eigenvalue weighted by molar-refractivity contribution is 8.05. The fraction of sp³-hybridized carbons (Fsp3) is 0.250. The van der Waals surface area contributed by atoms with Crippen molar-refractivity contribution < 1.29 is 55.8 Å². The number of benzene rings is 2. The fourth-order valence-corrected chi connectivity index (χ4v) is 5.93. The molecule has 0 atom stereocenters. The molecule has 0 saturated heterocycles. The van der Waals surface area contributed by atoms with Crippen LogP contribution in [0, 0.1) is 0 Å². The Morgan fingerprint density at radius 1 is 0.848 bits per heavy atom. The van der Waals surface area contributed by atoms with Crippen molar-refractivity contribution in [2.24, 2.45) is 0 Å². The monoisotopic (exact) mass is 541 g/mol. The fourth-order valence-electron chi connectivity index (χ4n) is 2.46. The summed E-state index contributed by atoms with van der Waals surface area (Å²) in [5, 5.41) is -13.8. The predicted molar refractivity (Wildman–Crippen MR) is 105 cm³/mol. The molecule has 8 nitrogen and oxygen atoms in total. The van der Waals surface area contributed by atoms with E-state index < -0.39 is 52.3 Å². The Hall–Kier alpha value is -2.37. The van der Waals surface area contributed by atoms with Gasteiger partial charge in [-0.25, -0.2) is 16.8 Å². The van der Waals surface area contributed by atoms with Crippen LogP contribution in [-0.2, 0) is 30.2 Å². The van der Waals surface area contributed by atoms with Crippen LogP contribution >= 0.6 is 0 Å². The first-order valence-electron chi connectivity index (χ1n) is 8.16. The Bertz CT molecular complexity index is 1420. The summed E-state index contributed by atoms with van der Waals surface area (Å²) in [6.07, 6.45) is 1.23. The van der Waals surface area contributed by atoms with Crippen molar-refractivity contribution in [2.45, 2.75) is 16.4 Å². The number of fused-ring (bicyclic) bond motifs is 1. The summed E-state index contributed by atoms with van der Waals surface area (Å²) in [5.41, 5.74) is 0.344. The summed E-state index contributed by atoms with van der Waals surface area (Å²) in [5.74, 6) is -8.15. The second-order valence-electron chi connectivity index (χ2n) is 6.41. The molecule has 1 N–H and O–H groups in total. The lowest BCUT2D eigenvalue weighted by Gasteiger charge is -2.31. The summed E-state index contributed by atoms with van der Waals surface area (Å²) in [4.78, 5) is 0. The molecule has 0 unspecified atom stereocenters. The Labute approximate surface area is 184 Å². The quantitative estimate of drug-likeness (QED) is 0.383. The van der Waals surface area contributed by atoms with Gasteiger partial charge in [-0.1, -0.05) is 43.0 Å². The van der Waals surface area contributed by atoms with Gasteiger partial charge in [-0.15, -0.1) is 4.13 Å². The molecule has 0 aromatic heterocycles. The maximum Gasteiger partial charge on any atom is 0.450 e. The predicted octanol–water partition coefficient (Wildman–Crippen LogP) is 2.89. The molecular weight excluding hydrogens is 528 g/mol. The lowest BCUT2D eigenvalue weighted by molar-refractivity contribution is -0.245. The van der Waals surface area contributed by atoms with Gasteiger partial charge in [-0.2, -0.15) is 34.8 Å². The molecule has 0 saturated carbocycles. The minimum absolute atomic E-state index is 0.0468. The molecular formula is C16H13F6NO7S3. The summed E-state index contributed by atoms with van der Waals surface area (Å²) in [6.45, 7) is 3.46. The third-order valence-electron chi connectivity index (χ3n) is 3.98. The van der Waals surface area contributed by atoms with E-state index in [4.69, 9.17) is 0 Å². The number of alkyl halides is 6. The van der Waals surface area contributed by atoms with E-state index in [9.17, 15) is 51.6 Å². The van der Waals surface area contributed by atoms with Gasteiger partial charge in [0.1, 0.15) is 0 Å². The summed E-state index contributed by atoms with van der Waals surface area (Å²) < 4.78 is 157. The van der Waals surface area contributed by atoms with Crippen molar-refractivity contribution in [3.05, 3.63) is 48.5 Å². The van der Waals surface area contributed by atoms with Crippen molar-refractivity contribution in [2.75, 3.05) is 6.26 Å². The average molecular weight is 541 g/mol. The van der Waals surface area contributed by atoms with Crippen molar-refractivity contribution in [3.63, 3.8) is 0 Å². The molecule has 2 aromatic rings. The lowest BCUT2D eigenvalue weighted by Crippen LogP contribution is -2.63. The Balaban J connectivity index is 2.61. The lowest BCUT2D eigenvalue weighted by atomic mass is 10.0. The molecule has 0 fully saturated rings. The standard InChI is InChI=1S/C16H13F6NO7S3/c1-3-10-8-9-13(12-7-5-4-6-11(10)12)30-33(28,29)16(21,22)14(17,18)15(19,20)32(26,27)23-31(2,24)25/h3-9,23H,1H2,2H3. The molecule has 2 aromatic carbocycles. The van der Waals surface area contributed by atoms with Gasteiger partial charge in [-0.3, -0.25) is 0 Å². The first-order valence-corrected chi connectivity index (χ1v) is 12.9. The van der Waals surface area contributed by atoms with Crippen molar-refractivity contribution in [1.82, 2.24) is 4.13 Å². The van der Waals surface area contributed by atoms with Gasteiger partial charge in [0.25, 0.3) is 10.0 Å². The molecule has 0 aliphatic heterocycles. The molecule has 0 spiro atoms. The van der Waals surface area contributed by atoms with Gasteiger partial charge < -0.3 is 4.18 Å². The molecule has 33 heavy (non-hydrogen) atoms. The first kappa shape index (κ1) is 26.9.